The number of carbonyl (C=O) groups excluding carboxylic acids is 1. The molecule has 1 saturated carbocycles. The highest BCUT2D eigenvalue weighted by Crippen LogP contribution is 2.24. The molecule has 128 valence electrons. The number of benzene rings is 1. The minimum atomic E-state index is -0.168. The number of aromatic nitrogens is 3. The summed E-state index contributed by atoms with van der Waals surface area (Å²) in [5, 5.41) is 12.3. The number of carbonyl (C=O) groups is 1. The molecule has 1 unspecified atom stereocenters. The number of thioether (sulfide) groups is 1. The predicted molar refractivity (Wildman–Crippen MR) is 96.0 cm³/mol. The van der Waals surface area contributed by atoms with E-state index < -0.39 is 0 Å². The molecule has 1 N–H and O–H groups in total. The third-order valence-corrected chi connectivity index (χ3v) is 5.62. The SMILES string of the molecule is CC(Sc1nnc(Cc2ccccc2)n1C)C(=O)NC1CCCC1. The van der Waals surface area contributed by atoms with Crippen LogP contribution in [-0.2, 0) is 18.3 Å². The van der Waals surface area contributed by atoms with Crippen molar-refractivity contribution in [2.45, 2.75) is 55.5 Å². The van der Waals surface area contributed by atoms with E-state index in [-0.39, 0.29) is 11.2 Å². The smallest absolute Gasteiger partial charge is 0.233 e. The van der Waals surface area contributed by atoms with Crippen LogP contribution in [0.3, 0.4) is 0 Å². The van der Waals surface area contributed by atoms with Crippen LogP contribution in [0.5, 0.6) is 0 Å². The van der Waals surface area contributed by atoms with Crippen LogP contribution in [0, 0.1) is 0 Å². The Labute approximate surface area is 147 Å². The molecule has 24 heavy (non-hydrogen) atoms. The van der Waals surface area contributed by atoms with E-state index in [1.807, 2.05) is 36.7 Å². The Morgan fingerprint density at radius 2 is 2.00 bits per heavy atom. The lowest BCUT2D eigenvalue weighted by molar-refractivity contribution is -0.120. The van der Waals surface area contributed by atoms with E-state index in [4.69, 9.17) is 0 Å². The van der Waals surface area contributed by atoms with Crippen molar-refractivity contribution in [1.82, 2.24) is 20.1 Å². The number of amides is 1. The average molecular weight is 344 g/mol. The maximum absolute atomic E-state index is 12.3. The van der Waals surface area contributed by atoms with Gasteiger partial charge in [0.2, 0.25) is 5.91 Å². The van der Waals surface area contributed by atoms with Gasteiger partial charge in [-0.05, 0) is 25.3 Å². The van der Waals surface area contributed by atoms with Crippen LogP contribution in [-0.4, -0.2) is 32.0 Å². The van der Waals surface area contributed by atoms with Gasteiger partial charge in [0.15, 0.2) is 5.16 Å². The van der Waals surface area contributed by atoms with Crippen molar-refractivity contribution < 1.29 is 4.79 Å². The molecule has 1 atom stereocenters. The van der Waals surface area contributed by atoms with Crippen LogP contribution in [0.2, 0.25) is 0 Å². The first-order valence-corrected chi connectivity index (χ1v) is 9.40. The summed E-state index contributed by atoms with van der Waals surface area (Å²) < 4.78 is 1.98. The summed E-state index contributed by atoms with van der Waals surface area (Å²) in [5.74, 6) is 1.01. The number of hydrogen-bond acceptors (Lipinski definition) is 4. The highest BCUT2D eigenvalue weighted by molar-refractivity contribution is 8.00. The first kappa shape index (κ1) is 17.0. The van der Waals surface area contributed by atoms with Crippen LogP contribution in [0.15, 0.2) is 35.5 Å². The van der Waals surface area contributed by atoms with Gasteiger partial charge in [0.05, 0.1) is 5.25 Å². The Morgan fingerprint density at radius 1 is 1.29 bits per heavy atom. The van der Waals surface area contributed by atoms with Gasteiger partial charge in [-0.2, -0.15) is 0 Å². The zero-order valence-corrected chi connectivity index (χ0v) is 15.1. The van der Waals surface area contributed by atoms with Gasteiger partial charge in [0.1, 0.15) is 5.82 Å². The third-order valence-electron chi connectivity index (χ3n) is 4.48. The topological polar surface area (TPSA) is 59.8 Å². The minimum absolute atomic E-state index is 0.0968. The van der Waals surface area contributed by atoms with E-state index in [0.717, 1.165) is 30.2 Å². The molecule has 0 radical (unpaired) electrons. The lowest BCUT2D eigenvalue weighted by Gasteiger charge is -2.16. The van der Waals surface area contributed by atoms with Gasteiger partial charge in [-0.1, -0.05) is 54.9 Å². The van der Waals surface area contributed by atoms with Crippen molar-refractivity contribution in [3.63, 3.8) is 0 Å². The normalized spacial score (nSPS) is 16.2. The molecule has 0 saturated heterocycles. The van der Waals surface area contributed by atoms with Gasteiger partial charge < -0.3 is 9.88 Å². The van der Waals surface area contributed by atoms with Crippen molar-refractivity contribution in [2.75, 3.05) is 0 Å². The average Bonchev–Trinajstić information content (AvgIpc) is 3.21. The van der Waals surface area contributed by atoms with E-state index in [0.29, 0.717) is 6.04 Å². The van der Waals surface area contributed by atoms with E-state index in [2.05, 4.69) is 27.6 Å². The Kier molecular flexibility index (Phi) is 5.56. The monoisotopic (exact) mass is 344 g/mol. The van der Waals surface area contributed by atoms with Gasteiger partial charge >= 0.3 is 0 Å². The van der Waals surface area contributed by atoms with Gasteiger partial charge in [-0.15, -0.1) is 10.2 Å². The standard InChI is InChI=1S/C18H24N4OS/c1-13(17(23)19-15-10-6-7-11-15)24-18-21-20-16(22(18)2)12-14-8-4-3-5-9-14/h3-5,8-9,13,15H,6-7,10-12H2,1-2H3,(H,19,23). The summed E-state index contributed by atoms with van der Waals surface area (Å²) in [5.41, 5.74) is 1.21. The predicted octanol–water partition coefficient (Wildman–Crippen LogP) is 2.95. The molecule has 3 rings (SSSR count). The van der Waals surface area contributed by atoms with E-state index in [9.17, 15) is 4.79 Å². The van der Waals surface area contributed by atoms with Crippen molar-refractivity contribution >= 4 is 17.7 Å². The molecular weight excluding hydrogens is 320 g/mol. The largest absolute Gasteiger partial charge is 0.352 e. The summed E-state index contributed by atoms with van der Waals surface area (Å²) in [6.45, 7) is 1.93. The molecule has 1 fully saturated rings. The van der Waals surface area contributed by atoms with Crippen molar-refractivity contribution in [3.05, 3.63) is 41.7 Å². The molecule has 1 heterocycles. The Bertz CT molecular complexity index is 680. The van der Waals surface area contributed by atoms with E-state index in [1.165, 1.54) is 30.2 Å². The molecule has 2 aromatic rings. The Balaban J connectivity index is 1.59. The van der Waals surface area contributed by atoms with Gasteiger partial charge in [-0.25, -0.2) is 0 Å². The lowest BCUT2D eigenvalue weighted by atomic mass is 10.1. The molecule has 1 aliphatic rings. The molecule has 0 bridgehead atoms. The molecule has 5 nitrogen and oxygen atoms in total. The van der Waals surface area contributed by atoms with Gasteiger partial charge in [-0.3, -0.25) is 4.79 Å². The number of hydrogen-bond donors (Lipinski definition) is 1. The second-order valence-electron chi connectivity index (χ2n) is 6.37. The highest BCUT2D eigenvalue weighted by Gasteiger charge is 2.23. The fourth-order valence-corrected chi connectivity index (χ4v) is 3.82. The molecular formula is C18H24N4OS. The van der Waals surface area contributed by atoms with E-state index >= 15 is 0 Å². The summed E-state index contributed by atoms with van der Waals surface area (Å²) in [6.07, 6.45) is 5.40. The first-order valence-electron chi connectivity index (χ1n) is 8.52. The summed E-state index contributed by atoms with van der Waals surface area (Å²) >= 11 is 1.47. The van der Waals surface area contributed by atoms with E-state index in [1.54, 1.807) is 0 Å². The Morgan fingerprint density at radius 3 is 2.71 bits per heavy atom. The van der Waals surface area contributed by atoms with Crippen molar-refractivity contribution in [1.29, 1.82) is 0 Å². The lowest BCUT2D eigenvalue weighted by Crippen LogP contribution is -2.37. The third kappa shape index (κ3) is 4.17. The zero-order valence-electron chi connectivity index (χ0n) is 14.2. The maximum atomic E-state index is 12.3. The molecule has 1 aliphatic carbocycles. The van der Waals surface area contributed by atoms with Crippen molar-refractivity contribution in [2.24, 2.45) is 7.05 Å². The van der Waals surface area contributed by atoms with Crippen LogP contribution in [0.4, 0.5) is 0 Å². The molecule has 6 heteroatoms. The summed E-state index contributed by atoms with van der Waals surface area (Å²) in [4.78, 5) is 12.3. The summed E-state index contributed by atoms with van der Waals surface area (Å²) in [7, 11) is 1.96. The second kappa shape index (κ2) is 7.83. The zero-order chi connectivity index (χ0) is 16.9. The van der Waals surface area contributed by atoms with Gasteiger partial charge in [0.25, 0.3) is 0 Å². The molecule has 1 amide bonds. The Hall–Kier alpha value is -1.82. The highest BCUT2D eigenvalue weighted by atomic mass is 32.2. The number of nitrogens with zero attached hydrogens (tertiary/aromatic N) is 3. The molecule has 1 aromatic carbocycles. The van der Waals surface area contributed by atoms with Crippen molar-refractivity contribution in [3.8, 4) is 0 Å². The first-order chi connectivity index (χ1) is 11.6. The minimum Gasteiger partial charge on any atom is -0.352 e. The van der Waals surface area contributed by atoms with Crippen LogP contribution in [0.1, 0.15) is 44.0 Å². The maximum Gasteiger partial charge on any atom is 0.233 e. The fourth-order valence-electron chi connectivity index (χ4n) is 2.98. The quantitative estimate of drug-likeness (QED) is 0.819. The molecule has 1 aromatic heterocycles. The van der Waals surface area contributed by atoms with Crippen LogP contribution < -0.4 is 5.32 Å². The van der Waals surface area contributed by atoms with Gasteiger partial charge in [0, 0.05) is 19.5 Å². The molecule has 0 spiro atoms. The number of nitrogens with one attached hydrogen (secondary N) is 1. The second-order valence-corrected chi connectivity index (χ2v) is 7.68. The summed E-state index contributed by atoms with van der Waals surface area (Å²) in [6, 6.07) is 10.6. The number of rotatable bonds is 6. The van der Waals surface area contributed by atoms with Crippen LogP contribution in [0.25, 0.3) is 0 Å². The van der Waals surface area contributed by atoms with Crippen LogP contribution >= 0.6 is 11.8 Å². The molecule has 0 aliphatic heterocycles. The fraction of sp³-hybridized carbons (Fsp3) is 0.500.